The van der Waals surface area contributed by atoms with Crippen LogP contribution in [-0.4, -0.2) is 23.1 Å². The summed E-state index contributed by atoms with van der Waals surface area (Å²) >= 11 is 0. The van der Waals surface area contributed by atoms with Gasteiger partial charge in [0.2, 0.25) is 0 Å². The van der Waals surface area contributed by atoms with Crippen LogP contribution in [0.15, 0.2) is 12.4 Å². The van der Waals surface area contributed by atoms with E-state index in [1.807, 2.05) is 12.4 Å². The number of hydrogen-bond donors (Lipinski definition) is 1. The maximum Gasteiger partial charge on any atom is 0.159 e. The Kier molecular flexibility index (Phi) is 2.98. The van der Waals surface area contributed by atoms with Crippen LogP contribution < -0.4 is 5.73 Å². The van der Waals surface area contributed by atoms with E-state index in [9.17, 15) is 0 Å². The quantitative estimate of drug-likeness (QED) is 0.803. The molecule has 0 aromatic carbocycles. The molecule has 0 amide bonds. The molecule has 1 fully saturated rings. The third kappa shape index (κ3) is 2.16. The van der Waals surface area contributed by atoms with Crippen LogP contribution in [0.4, 0.5) is 0 Å². The molecule has 0 radical (unpaired) electrons. The van der Waals surface area contributed by atoms with Gasteiger partial charge in [0.25, 0.3) is 0 Å². The summed E-state index contributed by atoms with van der Waals surface area (Å²) in [7, 11) is 0. The molecule has 2 heterocycles. The summed E-state index contributed by atoms with van der Waals surface area (Å²) in [4.78, 5) is 8.72. The smallest absolute Gasteiger partial charge is 0.159 e. The molecule has 15 heavy (non-hydrogen) atoms. The van der Waals surface area contributed by atoms with E-state index in [4.69, 9.17) is 10.5 Å². The van der Waals surface area contributed by atoms with Crippen molar-refractivity contribution in [3.63, 3.8) is 0 Å². The van der Waals surface area contributed by atoms with Gasteiger partial charge in [-0.15, -0.1) is 0 Å². The first kappa shape index (κ1) is 10.5. The Morgan fingerprint density at radius 3 is 2.73 bits per heavy atom. The van der Waals surface area contributed by atoms with Crippen LogP contribution >= 0.6 is 0 Å². The topological polar surface area (TPSA) is 61.0 Å². The molecule has 4 nitrogen and oxygen atoms in total. The maximum atomic E-state index is 5.68. The van der Waals surface area contributed by atoms with E-state index < -0.39 is 0 Å². The molecule has 82 valence electrons. The largest absolute Gasteiger partial charge is 0.367 e. The van der Waals surface area contributed by atoms with Crippen molar-refractivity contribution in [2.45, 2.75) is 31.8 Å². The minimum atomic E-state index is -0.277. The van der Waals surface area contributed by atoms with Crippen molar-refractivity contribution < 1.29 is 4.74 Å². The number of hydrogen-bond acceptors (Lipinski definition) is 4. The SMILES string of the molecule is CC1(c2ncc(CCN)cn2)CCCO1. The molecule has 1 unspecified atom stereocenters. The Labute approximate surface area is 89.9 Å². The Balaban J connectivity index is 2.15. The second-order valence-electron chi connectivity index (χ2n) is 4.14. The summed E-state index contributed by atoms with van der Waals surface area (Å²) in [6.45, 7) is 3.50. The van der Waals surface area contributed by atoms with Crippen LogP contribution in [0, 0.1) is 0 Å². The zero-order valence-corrected chi connectivity index (χ0v) is 9.07. The highest BCUT2D eigenvalue weighted by Gasteiger charge is 2.34. The van der Waals surface area contributed by atoms with Crippen LogP contribution in [-0.2, 0) is 16.8 Å². The van der Waals surface area contributed by atoms with Gasteiger partial charge < -0.3 is 10.5 Å². The molecule has 0 aliphatic carbocycles. The molecule has 1 atom stereocenters. The first-order valence-electron chi connectivity index (χ1n) is 5.40. The lowest BCUT2D eigenvalue weighted by Gasteiger charge is -2.20. The van der Waals surface area contributed by atoms with Crippen LogP contribution in [0.5, 0.6) is 0 Å². The van der Waals surface area contributed by atoms with Crippen LogP contribution in [0.2, 0.25) is 0 Å². The Morgan fingerprint density at radius 1 is 1.47 bits per heavy atom. The number of aromatic nitrogens is 2. The van der Waals surface area contributed by atoms with Gasteiger partial charge in [-0.1, -0.05) is 0 Å². The van der Waals surface area contributed by atoms with Gasteiger partial charge in [-0.25, -0.2) is 9.97 Å². The third-order valence-electron chi connectivity index (χ3n) is 2.83. The van der Waals surface area contributed by atoms with E-state index in [1.54, 1.807) is 0 Å². The fraction of sp³-hybridized carbons (Fsp3) is 0.636. The average molecular weight is 207 g/mol. The molecule has 2 N–H and O–H groups in total. The number of nitrogens with two attached hydrogens (primary N) is 1. The van der Waals surface area contributed by atoms with E-state index in [0.29, 0.717) is 6.54 Å². The van der Waals surface area contributed by atoms with Gasteiger partial charge in [0, 0.05) is 19.0 Å². The Morgan fingerprint density at radius 2 is 2.20 bits per heavy atom. The van der Waals surface area contributed by atoms with Crippen LogP contribution in [0.3, 0.4) is 0 Å². The summed E-state index contributed by atoms with van der Waals surface area (Å²) in [5.74, 6) is 0.792. The van der Waals surface area contributed by atoms with Crippen molar-refractivity contribution in [3.8, 4) is 0 Å². The monoisotopic (exact) mass is 207 g/mol. The normalized spacial score (nSPS) is 25.7. The second-order valence-corrected chi connectivity index (χ2v) is 4.14. The van der Waals surface area contributed by atoms with E-state index in [-0.39, 0.29) is 5.60 Å². The molecule has 1 aliphatic heterocycles. The average Bonchev–Trinajstić information content (AvgIpc) is 2.68. The lowest BCUT2D eigenvalue weighted by atomic mass is 10.0. The van der Waals surface area contributed by atoms with Crippen molar-refractivity contribution in [1.82, 2.24) is 9.97 Å². The zero-order valence-electron chi connectivity index (χ0n) is 9.07. The van der Waals surface area contributed by atoms with Gasteiger partial charge in [-0.2, -0.15) is 0 Å². The fourth-order valence-electron chi connectivity index (χ4n) is 1.88. The summed E-state index contributed by atoms with van der Waals surface area (Å²) in [5, 5.41) is 0. The highest BCUT2D eigenvalue weighted by Crippen LogP contribution is 2.32. The maximum absolute atomic E-state index is 5.68. The van der Waals surface area contributed by atoms with Crippen molar-refractivity contribution in [1.29, 1.82) is 0 Å². The fourth-order valence-corrected chi connectivity index (χ4v) is 1.88. The first-order valence-corrected chi connectivity index (χ1v) is 5.40. The van der Waals surface area contributed by atoms with Crippen molar-refractivity contribution >= 4 is 0 Å². The van der Waals surface area contributed by atoms with Gasteiger partial charge in [-0.05, 0) is 38.3 Å². The number of rotatable bonds is 3. The number of nitrogens with zero attached hydrogens (tertiary/aromatic N) is 2. The van der Waals surface area contributed by atoms with Crippen molar-refractivity contribution in [2.24, 2.45) is 5.73 Å². The molecule has 1 aromatic rings. The first-order chi connectivity index (χ1) is 7.24. The molecule has 1 saturated heterocycles. The zero-order chi connectivity index (χ0) is 10.7. The van der Waals surface area contributed by atoms with Crippen LogP contribution in [0.1, 0.15) is 31.2 Å². The van der Waals surface area contributed by atoms with Gasteiger partial charge in [0.1, 0.15) is 5.60 Å². The Bertz CT molecular complexity index is 317. The predicted molar refractivity (Wildman–Crippen MR) is 57.3 cm³/mol. The lowest BCUT2D eigenvalue weighted by Crippen LogP contribution is -2.23. The number of ether oxygens (including phenoxy) is 1. The highest BCUT2D eigenvalue weighted by atomic mass is 16.5. The Hall–Kier alpha value is -1.00. The minimum absolute atomic E-state index is 0.277. The summed E-state index contributed by atoms with van der Waals surface area (Å²) in [6, 6.07) is 0. The summed E-state index contributed by atoms with van der Waals surface area (Å²) in [5.41, 5.74) is 6.28. The summed E-state index contributed by atoms with van der Waals surface area (Å²) < 4.78 is 5.68. The molecule has 4 heteroatoms. The minimum Gasteiger partial charge on any atom is -0.367 e. The highest BCUT2D eigenvalue weighted by molar-refractivity contribution is 5.10. The lowest BCUT2D eigenvalue weighted by molar-refractivity contribution is 0.00928. The summed E-state index contributed by atoms with van der Waals surface area (Å²) in [6.07, 6.45) is 6.62. The van der Waals surface area contributed by atoms with Gasteiger partial charge in [-0.3, -0.25) is 0 Å². The molecule has 0 saturated carbocycles. The van der Waals surface area contributed by atoms with Crippen LogP contribution in [0.25, 0.3) is 0 Å². The molecule has 1 aliphatic rings. The molecule has 0 bridgehead atoms. The van der Waals surface area contributed by atoms with Gasteiger partial charge >= 0.3 is 0 Å². The van der Waals surface area contributed by atoms with Crippen molar-refractivity contribution in [3.05, 3.63) is 23.8 Å². The van der Waals surface area contributed by atoms with E-state index in [1.165, 1.54) is 0 Å². The third-order valence-corrected chi connectivity index (χ3v) is 2.83. The molecule has 0 spiro atoms. The predicted octanol–water partition coefficient (Wildman–Crippen LogP) is 1.00. The molecule has 1 aromatic heterocycles. The standard InChI is InChI=1S/C11H17N3O/c1-11(4-2-6-15-11)10-13-7-9(3-5-12)8-14-10/h7-8H,2-6,12H2,1H3. The molecular weight excluding hydrogens is 190 g/mol. The second kappa shape index (κ2) is 4.24. The van der Waals surface area contributed by atoms with E-state index >= 15 is 0 Å². The van der Waals surface area contributed by atoms with E-state index in [2.05, 4.69) is 16.9 Å². The van der Waals surface area contributed by atoms with Gasteiger partial charge in [0.15, 0.2) is 5.82 Å². The molecule has 2 rings (SSSR count). The van der Waals surface area contributed by atoms with Gasteiger partial charge in [0.05, 0.1) is 0 Å². The molecular formula is C11H17N3O. The van der Waals surface area contributed by atoms with Crippen molar-refractivity contribution in [2.75, 3.05) is 13.2 Å². The van der Waals surface area contributed by atoms with E-state index in [0.717, 1.165) is 37.3 Å².